The van der Waals surface area contributed by atoms with Crippen molar-refractivity contribution in [3.63, 3.8) is 0 Å². The first-order valence-electron chi connectivity index (χ1n) is 7.27. The highest BCUT2D eigenvalue weighted by molar-refractivity contribution is 6.67. The van der Waals surface area contributed by atoms with Gasteiger partial charge in [0.05, 0.1) is 12.8 Å². The lowest BCUT2D eigenvalue weighted by Gasteiger charge is -2.08. The lowest BCUT2D eigenvalue weighted by Crippen LogP contribution is -2.25. The van der Waals surface area contributed by atoms with Crippen LogP contribution in [0.25, 0.3) is 0 Å². The molecule has 108 valence electrons. The van der Waals surface area contributed by atoms with Crippen LogP contribution in [0.3, 0.4) is 0 Å². The molecule has 1 aliphatic rings. The van der Waals surface area contributed by atoms with Gasteiger partial charge in [-0.05, 0) is 29.6 Å². The maximum absolute atomic E-state index is 12.3. The van der Waals surface area contributed by atoms with Gasteiger partial charge in [-0.3, -0.25) is 9.89 Å². The highest BCUT2D eigenvalue weighted by Crippen LogP contribution is 2.17. The quantitative estimate of drug-likeness (QED) is 0.843. The molecule has 0 atom stereocenters. The number of benzene rings is 1. The predicted octanol–water partition coefficient (Wildman–Crippen LogP) is 1.97. The van der Waals surface area contributed by atoms with E-state index in [0.717, 1.165) is 29.6 Å². The molecular weight excluding hydrogens is 265 g/mol. The number of aromatic nitrogens is 2. The summed E-state index contributed by atoms with van der Waals surface area (Å²) in [4.78, 5) is 12.3. The maximum atomic E-state index is 12.3. The van der Waals surface area contributed by atoms with E-state index < -0.39 is 0 Å². The number of nitrogens with zero attached hydrogens (tertiary/aromatic N) is 1. The second-order valence-corrected chi connectivity index (χ2v) is 5.34. The Kier molecular flexibility index (Phi) is 3.79. The number of hydrogen-bond acceptors (Lipinski definition) is 3. The molecule has 2 heterocycles. The zero-order valence-electron chi connectivity index (χ0n) is 12.3. The second-order valence-electron chi connectivity index (χ2n) is 5.34. The van der Waals surface area contributed by atoms with Crippen LogP contribution in [0.4, 0.5) is 5.69 Å². The normalized spacial score (nSPS) is 13.3. The molecule has 1 aliphatic heterocycles. The first-order chi connectivity index (χ1) is 10.2. The van der Waals surface area contributed by atoms with Gasteiger partial charge in [0.2, 0.25) is 0 Å². The van der Waals surface area contributed by atoms with E-state index in [9.17, 15) is 4.79 Å². The van der Waals surface area contributed by atoms with Crippen molar-refractivity contribution in [1.82, 2.24) is 10.2 Å². The average molecular weight is 283 g/mol. The lowest BCUT2D eigenvalue weighted by atomic mass is 9.64. The molecule has 0 saturated carbocycles. The van der Waals surface area contributed by atoms with Gasteiger partial charge in [0.1, 0.15) is 5.69 Å². The van der Waals surface area contributed by atoms with Crippen molar-refractivity contribution in [1.29, 1.82) is 0 Å². The number of carbonyl (C=O) groups is 1. The molecule has 1 aromatic heterocycles. The zero-order chi connectivity index (χ0) is 14.8. The average Bonchev–Trinajstić information content (AvgIpc) is 3.07. The molecule has 1 aromatic carbocycles. The number of nitrogens with one attached hydrogen (secondary N) is 2. The molecule has 6 heteroatoms. The lowest BCUT2D eigenvalue weighted by molar-refractivity contribution is 0.102. The van der Waals surface area contributed by atoms with Gasteiger partial charge in [0, 0.05) is 11.3 Å². The molecule has 2 N–H and O–H groups in total. The van der Waals surface area contributed by atoms with Crippen molar-refractivity contribution in [2.24, 2.45) is 0 Å². The van der Waals surface area contributed by atoms with Crippen LogP contribution in [0, 0.1) is 0 Å². The van der Waals surface area contributed by atoms with Crippen LogP contribution in [0.15, 0.2) is 24.4 Å². The Morgan fingerprint density at radius 3 is 3.19 bits per heavy atom. The molecule has 0 saturated heterocycles. The Labute approximate surface area is 124 Å². The predicted molar refractivity (Wildman–Crippen MR) is 83.0 cm³/mol. The molecule has 3 rings (SSSR count). The topological polar surface area (TPSA) is 67.0 Å². The monoisotopic (exact) mass is 283 g/mol. The summed E-state index contributed by atoms with van der Waals surface area (Å²) in [6, 6.07) is 5.91. The summed E-state index contributed by atoms with van der Waals surface area (Å²) in [6.07, 6.45) is 3.54. The summed E-state index contributed by atoms with van der Waals surface area (Å²) in [5.74, 6) is -0.150. The van der Waals surface area contributed by atoms with Crippen molar-refractivity contribution in [2.75, 3.05) is 5.32 Å². The van der Waals surface area contributed by atoms with E-state index in [-0.39, 0.29) is 12.8 Å². The van der Waals surface area contributed by atoms with Crippen LogP contribution in [0.5, 0.6) is 0 Å². The van der Waals surface area contributed by atoms with Gasteiger partial charge in [-0.15, -0.1) is 0 Å². The minimum Gasteiger partial charge on any atom is -0.427 e. The highest BCUT2D eigenvalue weighted by Gasteiger charge is 2.23. The van der Waals surface area contributed by atoms with Crippen molar-refractivity contribution in [2.45, 2.75) is 33.2 Å². The summed E-state index contributed by atoms with van der Waals surface area (Å²) in [5, 5.41) is 9.68. The summed E-state index contributed by atoms with van der Waals surface area (Å²) in [7, 11) is 0. The Morgan fingerprint density at radius 1 is 1.52 bits per heavy atom. The minimum atomic E-state index is -0.150. The Morgan fingerprint density at radius 2 is 2.38 bits per heavy atom. The number of anilines is 1. The van der Waals surface area contributed by atoms with Gasteiger partial charge >= 0.3 is 6.92 Å². The fourth-order valence-electron chi connectivity index (χ4n) is 2.65. The molecule has 0 fully saturated rings. The number of H-pyrrole nitrogens is 1. The molecule has 0 bridgehead atoms. The number of aryl methyl sites for hydroxylation is 1. The van der Waals surface area contributed by atoms with Crippen molar-refractivity contribution in [3.8, 4) is 0 Å². The van der Waals surface area contributed by atoms with E-state index in [0.29, 0.717) is 12.3 Å². The summed E-state index contributed by atoms with van der Waals surface area (Å²) < 4.78 is 5.58. The molecule has 21 heavy (non-hydrogen) atoms. The Hall–Kier alpha value is -2.08. The van der Waals surface area contributed by atoms with Gasteiger partial charge in [-0.2, -0.15) is 5.10 Å². The maximum Gasteiger partial charge on any atom is 0.324 e. The summed E-state index contributed by atoms with van der Waals surface area (Å²) >= 11 is 0. The first kappa shape index (κ1) is 13.9. The van der Waals surface area contributed by atoms with Gasteiger partial charge in [0.25, 0.3) is 5.91 Å². The Balaban J connectivity index is 1.79. The van der Waals surface area contributed by atoms with Crippen molar-refractivity contribution in [3.05, 3.63) is 41.2 Å². The third kappa shape index (κ3) is 2.71. The SMILES string of the molecule is CCCc1cn[nH]c1C(=O)Nc1ccc2c(c1)B(C)OC2. The summed E-state index contributed by atoms with van der Waals surface area (Å²) in [5.41, 5.74) is 4.61. The van der Waals surface area contributed by atoms with E-state index in [1.165, 1.54) is 5.56 Å². The number of amides is 1. The molecule has 1 amide bonds. The summed E-state index contributed by atoms with van der Waals surface area (Å²) in [6.45, 7) is 4.83. The number of carbonyl (C=O) groups excluding carboxylic acids is 1. The molecule has 5 nitrogen and oxygen atoms in total. The molecule has 0 unspecified atom stereocenters. The van der Waals surface area contributed by atoms with E-state index in [1.807, 2.05) is 25.0 Å². The van der Waals surface area contributed by atoms with E-state index >= 15 is 0 Å². The third-order valence-corrected chi connectivity index (χ3v) is 3.79. The molecular formula is C15H18BN3O2. The van der Waals surface area contributed by atoms with Gasteiger partial charge in [-0.1, -0.05) is 26.2 Å². The standard InChI is InChI=1S/C15H18BN3O2/c1-3-4-10-8-17-19-14(10)15(20)18-12-6-5-11-9-21-16(2)13(11)7-12/h5-8H,3-4,9H2,1-2H3,(H,17,19)(H,18,20). The number of fused-ring (bicyclic) bond motifs is 1. The molecule has 0 spiro atoms. The number of rotatable bonds is 4. The van der Waals surface area contributed by atoms with Crippen LogP contribution in [-0.2, 0) is 17.7 Å². The van der Waals surface area contributed by atoms with Crippen molar-refractivity contribution < 1.29 is 9.45 Å². The Bertz CT molecular complexity index is 669. The molecule has 2 aromatic rings. The molecule has 0 aliphatic carbocycles. The van der Waals surface area contributed by atoms with Crippen LogP contribution in [0.2, 0.25) is 6.82 Å². The second kappa shape index (κ2) is 5.73. The van der Waals surface area contributed by atoms with E-state index in [4.69, 9.17) is 4.65 Å². The fraction of sp³-hybridized carbons (Fsp3) is 0.333. The van der Waals surface area contributed by atoms with Crippen LogP contribution < -0.4 is 10.8 Å². The van der Waals surface area contributed by atoms with Gasteiger partial charge < -0.3 is 9.97 Å². The van der Waals surface area contributed by atoms with Crippen molar-refractivity contribution >= 4 is 24.0 Å². The number of hydrogen-bond donors (Lipinski definition) is 2. The fourth-order valence-corrected chi connectivity index (χ4v) is 2.65. The van der Waals surface area contributed by atoms with Gasteiger partial charge in [-0.25, -0.2) is 0 Å². The smallest absolute Gasteiger partial charge is 0.324 e. The first-order valence-corrected chi connectivity index (χ1v) is 7.27. The van der Waals surface area contributed by atoms with Crippen LogP contribution >= 0.6 is 0 Å². The van der Waals surface area contributed by atoms with E-state index in [2.05, 4.69) is 22.4 Å². The van der Waals surface area contributed by atoms with Gasteiger partial charge in [0.15, 0.2) is 0 Å². The van der Waals surface area contributed by atoms with Crippen LogP contribution in [-0.4, -0.2) is 23.0 Å². The largest absolute Gasteiger partial charge is 0.427 e. The zero-order valence-corrected chi connectivity index (χ0v) is 12.3. The van der Waals surface area contributed by atoms with E-state index in [1.54, 1.807) is 6.20 Å². The third-order valence-electron chi connectivity index (χ3n) is 3.79. The number of aromatic amines is 1. The molecule has 0 radical (unpaired) electrons. The minimum absolute atomic E-state index is 0.0830. The highest BCUT2D eigenvalue weighted by atomic mass is 16.4. The van der Waals surface area contributed by atoms with Crippen LogP contribution in [0.1, 0.15) is 35.0 Å².